The van der Waals surface area contributed by atoms with E-state index in [9.17, 15) is 9.59 Å². The second-order valence-electron chi connectivity index (χ2n) is 8.25. The lowest BCUT2D eigenvalue weighted by atomic mass is 10.1. The molecule has 2 aromatic rings. The molecule has 0 aliphatic carbocycles. The molecule has 0 spiro atoms. The van der Waals surface area contributed by atoms with E-state index in [1.807, 2.05) is 53.1 Å². The fourth-order valence-corrected chi connectivity index (χ4v) is 4.13. The number of amides is 2. The summed E-state index contributed by atoms with van der Waals surface area (Å²) in [5.41, 5.74) is 2.77. The highest BCUT2D eigenvalue weighted by Gasteiger charge is 2.27. The first kappa shape index (κ1) is 21.4. The first-order chi connectivity index (χ1) is 15.1. The van der Waals surface area contributed by atoms with Crippen LogP contribution in [0.25, 0.3) is 0 Å². The van der Waals surface area contributed by atoms with Gasteiger partial charge in [-0.15, -0.1) is 0 Å². The SMILES string of the molecule is C[C@H]1COc2ccc(C(=O)N3CCOCC3)cc2CN1C(=O)CCCc1ccccc1. The van der Waals surface area contributed by atoms with Crippen LogP contribution in [0.5, 0.6) is 5.75 Å². The standard InChI is InChI=1S/C25H30N2O4/c1-19-18-31-23-11-10-21(25(29)26-12-14-30-15-13-26)16-22(23)17-27(19)24(28)9-5-8-20-6-3-2-4-7-20/h2-4,6-7,10-11,16,19H,5,8-9,12-15,17-18H2,1H3/t19-/m0/s1. The maximum atomic E-state index is 13.0. The Morgan fingerprint density at radius 1 is 1.06 bits per heavy atom. The molecule has 1 fully saturated rings. The van der Waals surface area contributed by atoms with Gasteiger partial charge in [-0.3, -0.25) is 9.59 Å². The Bertz CT molecular complexity index is 909. The van der Waals surface area contributed by atoms with Gasteiger partial charge in [-0.1, -0.05) is 30.3 Å². The molecule has 2 aliphatic rings. The molecule has 2 aliphatic heterocycles. The fourth-order valence-electron chi connectivity index (χ4n) is 4.13. The lowest BCUT2D eigenvalue weighted by Gasteiger charge is -2.27. The summed E-state index contributed by atoms with van der Waals surface area (Å²) in [5.74, 6) is 0.888. The summed E-state index contributed by atoms with van der Waals surface area (Å²) in [6.07, 6.45) is 2.20. The number of morpholine rings is 1. The molecule has 0 N–H and O–H groups in total. The average Bonchev–Trinajstić information content (AvgIpc) is 2.98. The molecule has 0 radical (unpaired) electrons. The van der Waals surface area contributed by atoms with Crippen LogP contribution in [0.4, 0.5) is 0 Å². The van der Waals surface area contributed by atoms with E-state index < -0.39 is 0 Å². The number of nitrogens with zero attached hydrogens (tertiary/aromatic N) is 2. The second kappa shape index (κ2) is 9.96. The molecule has 0 bridgehead atoms. The molecule has 2 amide bonds. The van der Waals surface area contributed by atoms with Gasteiger partial charge in [0.15, 0.2) is 0 Å². The summed E-state index contributed by atoms with van der Waals surface area (Å²) in [7, 11) is 0. The lowest BCUT2D eigenvalue weighted by molar-refractivity contribution is -0.134. The van der Waals surface area contributed by atoms with Crippen molar-refractivity contribution in [1.29, 1.82) is 0 Å². The Kier molecular flexibility index (Phi) is 6.87. The predicted octanol–water partition coefficient (Wildman–Crippen LogP) is 3.29. The van der Waals surface area contributed by atoms with Crippen LogP contribution in [0.15, 0.2) is 48.5 Å². The molecule has 1 atom stereocenters. The Labute approximate surface area is 183 Å². The maximum Gasteiger partial charge on any atom is 0.254 e. The quantitative estimate of drug-likeness (QED) is 0.742. The van der Waals surface area contributed by atoms with Crippen LogP contribution < -0.4 is 4.74 Å². The summed E-state index contributed by atoms with van der Waals surface area (Å²) < 4.78 is 11.3. The van der Waals surface area contributed by atoms with E-state index in [4.69, 9.17) is 9.47 Å². The van der Waals surface area contributed by atoms with Gasteiger partial charge in [0.2, 0.25) is 5.91 Å². The van der Waals surface area contributed by atoms with Crippen LogP contribution in [0.1, 0.15) is 41.3 Å². The monoisotopic (exact) mass is 422 g/mol. The highest BCUT2D eigenvalue weighted by molar-refractivity contribution is 5.94. The Morgan fingerprint density at radius 3 is 2.61 bits per heavy atom. The van der Waals surface area contributed by atoms with Crippen LogP contribution in [0.2, 0.25) is 0 Å². The summed E-state index contributed by atoms with van der Waals surface area (Å²) >= 11 is 0. The van der Waals surface area contributed by atoms with E-state index >= 15 is 0 Å². The zero-order valence-electron chi connectivity index (χ0n) is 18.1. The highest BCUT2D eigenvalue weighted by atomic mass is 16.5. The molecule has 164 valence electrons. The first-order valence-electron chi connectivity index (χ1n) is 11.1. The van der Waals surface area contributed by atoms with Crippen LogP contribution >= 0.6 is 0 Å². The van der Waals surface area contributed by atoms with Crippen molar-refractivity contribution in [3.8, 4) is 5.75 Å². The zero-order chi connectivity index (χ0) is 21.6. The number of rotatable bonds is 5. The first-order valence-corrected chi connectivity index (χ1v) is 11.1. The molecule has 2 heterocycles. The van der Waals surface area contributed by atoms with E-state index in [1.54, 1.807) is 0 Å². The summed E-state index contributed by atoms with van der Waals surface area (Å²) in [5, 5.41) is 0. The van der Waals surface area contributed by atoms with Gasteiger partial charge in [0, 0.05) is 37.2 Å². The molecule has 6 heteroatoms. The number of hydrogen-bond acceptors (Lipinski definition) is 4. The molecule has 31 heavy (non-hydrogen) atoms. The molecule has 0 aromatic heterocycles. The molecule has 2 aromatic carbocycles. The van der Waals surface area contributed by atoms with Gasteiger partial charge < -0.3 is 19.3 Å². The number of aryl methyl sites for hydroxylation is 1. The lowest BCUT2D eigenvalue weighted by Crippen LogP contribution is -2.41. The molecule has 0 unspecified atom stereocenters. The van der Waals surface area contributed by atoms with Gasteiger partial charge >= 0.3 is 0 Å². The smallest absolute Gasteiger partial charge is 0.254 e. The Hall–Kier alpha value is -2.86. The van der Waals surface area contributed by atoms with E-state index in [0.717, 1.165) is 24.2 Å². The molecule has 4 rings (SSSR count). The van der Waals surface area contributed by atoms with Crippen LogP contribution in [-0.4, -0.2) is 60.6 Å². The molecular weight excluding hydrogens is 392 g/mol. The number of carbonyl (C=O) groups is 2. The molecule has 1 saturated heterocycles. The van der Waals surface area contributed by atoms with Gasteiger partial charge in [-0.25, -0.2) is 0 Å². The summed E-state index contributed by atoms with van der Waals surface area (Å²) in [4.78, 5) is 29.6. The summed E-state index contributed by atoms with van der Waals surface area (Å²) in [6.45, 7) is 5.29. The van der Waals surface area contributed by atoms with E-state index in [1.165, 1.54) is 5.56 Å². The minimum atomic E-state index is -0.0185. The van der Waals surface area contributed by atoms with E-state index in [2.05, 4.69) is 12.1 Å². The van der Waals surface area contributed by atoms with Gasteiger partial charge in [0.25, 0.3) is 5.91 Å². The maximum absolute atomic E-state index is 13.0. The van der Waals surface area contributed by atoms with E-state index in [-0.39, 0.29) is 17.9 Å². The normalized spacial score (nSPS) is 18.7. The third-order valence-corrected chi connectivity index (χ3v) is 5.98. The molecular formula is C25H30N2O4. The van der Waals surface area contributed by atoms with Gasteiger partial charge in [0.05, 0.1) is 19.3 Å². The van der Waals surface area contributed by atoms with Crippen molar-refractivity contribution >= 4 is 11.8 Å². The van der Waals surface area contributed by atoms with Gasteiger partial charge in [0.1, 0.15) is 12.4 Å². The predicted molar refractivity (Wildman–Crippen MR) is 118 cm³/mol. The second-order valence-corrected chi connectivity index (χ2v) is 8.25. The van der Waals surface area contributed by atoms with Crippen LogP contribution in [0, 0.1) is 0 Å². The van der Waals surface area contributed by atoms with Crippen molar-refractivity contribution in [2.24, 2.45) is 0 Å². The van der Waals surface area contributed by atoms with Crippen molar-refractivity contribution < 1.29 is 19.1 Å². The molecule has 0 saturated carbocycles. The van der Waals surface area contributed by atoms with E-state index in [0.29, 0.717) is 51.4 Å². The minimum absolute atomic E-state index is 0.00383. The Balaban J connectivity index is 1.43. The van der Waals surface area contributed by atoms with Gasteiger partial charge in [-0.05, 0) is 43.5 Å². The summed E-state index contributed by atoms with van der Waals surface area (Å²) in [6, 6.07) is 15.8. The minimum Gasteiger partial charge on any atom is -0.491 e. The third-order valence-electron chi connectivity index (χ3n) is 5.98. The number of carbonyl (C=O) groups excluding carboxylic acids is 2. The largest absolute Gasteiger partial charge is 0.491 e. The van der Waals surface area contributed by atoms with Gasteiger partial charge in [-0.2, -0.15) is 0 Å². The van der Waals surface area contributed by atoms with Crippen molar-refractivity contribution in [2.45, 2.75) is 38.8 Å². The average molecular weight is 423 g/mol. The van der Waals surface area contributed by atoms with Crippen LogP contribution in [0.3, 0.4) is 0 Å². The Morgan fingerprint density at radius 2 is 1.84 bits per heavy atom. The van der Waals surface area contributed by atoms with Crippen molar-refractivity contribution in [1.82, 2.24) is 9.80 Å². The zero-order valence-corrected chi connectivity index (χ0v) is 18.1. The highest BCUT2D eigenvalue weighted by Crippen LogP contribution is 2.27. The fraction of sp³-hybridized carbons (Fsp3) is 0.440. The van der Waals surface area contributed by atoms with Crippen molar-refractivity contribution in [3.63, 3.8) is 0 Å². The topological polar surface area (TPSA) is 59.1 Å². The number of hydrogen-bond donors (Lipinski definition) is 0. The number of fused-ring (bicyclic) bond motifs is 1. The third kappa shape index (κ3) is 5.25. The van der Waals surface area contributed by atoms with Crippen molar-refractivity contribution in [3.05, 3.63) is 65.2 Å². The molecule has 6 nitrogen and oxygen atoms in total. The number of benzene rings is 2. The van der Waals surface area contributed by atoms with Crippen LogP contribution in [-0.2, 0) is 22.5 Å². The van der Waals surface area contributed by atoms with Crippen molar-refractivity contribution in [2.75, 3.05) is 32.9 Å². The number of ether oxygens (including phenoxy) is 2.